The highest BCUT2D eigenvalue weighted by molar-refractivity contribution is 5.00. The average molecular weight is 207 g/mol. The van der Waals surface area contributed by atoms with Crippen molar-refractivity contribution in [3.8, 4) is 0 Å². The van der Waals surface area contributed by atoms with Crippen LogP contribution >= 0.6 is 0 Å². The molecule has 1 saturated carbocycles. The molecule has 3 nitrogen and oxygen atoms in total. The van der Waals surface area contributed by atoms with Gasteiger partial charge in [-0.15, -0.1) is 0 Å². The third kappa shape index (κ3) is 2.59. The first-order valence-electron chi connectivity index (χ1n) is 6.07. The molecule has 1 aliphatic rings. The molecule has 1 heterocycles. The van der Waals surface area contributed by atoms with E-state index in [1.54, 1.807) is 0 Å². The summed E-state index contributed by atoms with van der Waals surface area (Å²) in [5.41, 5.74) is 1.32. The van der Waals surface area contributed by atoms with Crippen molar-refractivity contribution in [2.75, 3.05) is 7.05 Å². The summed E-state index contributed by atoms with van der Waals surface area (Å²) in [5, 5.41) is 3.20. The van der Waals surface area contributed by atoms with E-state index in [-0.39, 0.29) is 0 Å². The van der Waals surface area contributed by atoms with E-state index in [0.29, 0.717) is 6.04 Å². The van der Waals surface area contributed by atoms with E-state index in [4.69, 9.17) is 0 Å². The summed E-state index contributed by atoms with van der Waals surface area (Å²) in [6.45, 7) is 0.927. The van der Waals surface area contributed by atoms with E-state index in [2.05, 4.69) is 14.9 Å². The number of rotatable bonds is 3. The van der Waals surface area contributed by atoms with Gasteiger partial charge in [-0.25, -0.2) is 4.98 Å². The maximum absolute atomic E-state index is 4.27. The Morgan fingerprint density at radius 3 is 2.73 bits per heavy atom. The van der Waals surface area contributed by atoms with E-state index in [1.165, 1.54) is 44.2 Å². The fourth-order valence-electron chi connectivity index (χ4n) is 2.51. The van der Waals surface area contributed by atoms with Crippen molar-refractivity contribution in [1.82, 2.24) is 14.9 Å². The van der Waals surface area contributed by atoms with E-state index in [1.807, 2.05) is 19.6 Å². The molecule has 1 fully saturated rings. The lowest BCUT2D eigenvalue weighted by Crippen LogP contribution is -2.15. The van der Waals surface area contributed by atoms with Crippen molar-refractivity contribution in [2.45, 2.75) is 51.1 Å². The van der Waals surface area contributed by atoms with Gasteiger partial charge in [-0.3, -0.25) is 0 Å². The predicted molar refractivity (Wildman–Crippen MR) is 61.7 cm³/mol. The van der Waals surface area contributed by atoms with Crippen LogP contribution in [0.1, 0.15) is 50.3 Å². The van der Waals surface area contributed by atoms with Crippen molar-refractivity contribution >= 4 is 0 Å². The van der Waals surface area contributed by atoms with Gasteiger partial charge in [-0.1, -0.05) is 25.7 Å². The van der Waals surface area contributed by atoms with Crippen LogP contribution in [-0.4, -0.2) is 16.6 Å². The highest BCUT2D eigenvalue weighted by atomic mass is 15.1. The van der Waals surface area contributed by atoms with Crippen LogP contribution in [0.5, 0.6) is 0 Å². The lowest BCUT2D eigenvalue weighted by molar-refractivity contribution is 0.429. The number of imidazole rings is 1. The minimum absolute atomic E-state index is 0.693. The number of nitrogens with zero attached hydrogens (tertiary/aromatic N) is 2. The standard InChI is InChI=1S/C12H21N3/c1-13-8-12-9-14-10-15(12)11-6-4-2-3-5-7-11/h9-11,13H,2-8H2,1H3. The minimum atomic E-state index is 0.693. The van der Waals surface area contributed by atoms with Gasteiger partial charge in [-0.05, 0) is 19.9 Å². The molecule has 0 spiro atoms. The number of aromatic nitrogens is 2. The minimum Gasteiger partial charge on any atom is -0.330 e. The molecule has 15 heavy (non-hydrogen) atoms. The third-order valence-corrected chi connectivity index (χ3v) is 3.32. The molecule has 2 rings (SSSR count). The summed E-state index contributed by atoms with van der Waals surface area (Å²) >= 11 is 0. The largest absolute Gasteiger partial charge is 0.330 e. The zero-order chi connectivity index (χ0) is 10.5. The summed E-state index contributed by atoms with van der Waals surface area (Å²) in [6.07, 6.45) is 12.2. The highest BCUT2D eigenvalue weighted by Crippen LogP contribution is 2.27. The normalized spacial score (nSPS) is 19.0. The predicted octanol–water partition coefficient (Wildman–Crippen LogP) is 2.50. The Morgan fingerprint density at radius 2 is 2.07 bits per heavy atom. The molecule has 0 radical (unpaired) electrons. The smallest absolute Gasteiger partial charge is 0.0951 e. The monoisotopic (exact) mass is 207 g/mol. The van der Waals surface area contributed by atoms with E-state index in [0.717, 1.165) is 6.54 Å². The molecule has 0 unspecified atom stereocenters. The average Bonchev–Trinajstić information content (AvgIpc) is 2.53. The summed E-state index contributed by atoms with van der Waals surface area (Å²) in [6, 6.07) is 0.693. The highest BCUT2D eigenvalue weighted by Gasteiger charge is 2.15. The molecule has 0 atom stereocenters. The van der Waals surface area contributed by atoms with Crippen LogP contribution in [0.2, 0.25) is 0 Å². The summed E-state index contributed by atoms with van der Waals surface area (Å²) in [4.78, 5) is 4.27. The second-order valence-electron chi connectivity index (χ2n) is 4.47. The molecule has 0 saturated heterocycles. The van der Waals surface area contributed by atoms with Crippen molar-refractivity contribution in [3.05, 3.63) is 18.2 Å². The van der Waals surface area contributed by atoms with Gasteiger partial charge in [0, 0.05) is 18.8 Å². The number of hydrogen-bond acceptors (Lipinski definition) is 2. The van der Waals surface area contributed by atoms with Crippen LogP contribution in [0.25, 0.3) is 0 Å². The first-order chi connectivity index (χ1) is 7.42. The first kappa shape index (κ1) is 10.7. The van der Waals surface area contributed by atoms with E-state index in [9.17, 15) is 0 Å². The van der Waals surface area contributed by atoms with Gasteiger partial charge < -0.3 is 9.88 Å². The Balaban J connectivity index is 2.08. The molecule has 0 bridgehead atoms. The zero-order valence-corrected chi connectivity index (χ0v) is 9.58. The lowest BCUT2D eigenvalue weighted by atomic mass is 10.1. The van der Waals surface area contributed by atoms with Crippen LogP contribution < -0.4 is 5.32 Å². The topological polar surface area (TPSA) is 29.9 Å². The van der Waals surface area contributed by atoms with E-state index >= 15 is 0 Å². The molecule has 1 N–H and O–H groups in total. The molecule has 84 valence electrons. The second-order valence-corrected chi connectivity index (χ2v) is 4.47. The van der Waals surface area contributed by atoms with Crippen molar-refractivity contribution < 1.29 is 0 Å². The van der Waals surface area contributed by atoms with Crippen molar-refractivity contribution in [2.24, 2.45) is 0 Å². The van der Waals surface area contributed by atoms with Crippen molar-refractivity contribution in [3.63, 3.8) is 0 Å². The van der Waals surface area contributed by atoms with Crippen LogP contribution in [0.15, 0.2) is 12.5 Å². The Kier molecular flexibility index (Phi) is 3.78. The lowest BCUT2D eigenvalue weighted by Gasteiger charge is -2.18. The maximum atomic E-state index is 4.27. The van der Waals surface area contributed by atoms with Gasteiger partial charge in [0.05, 0.1) is 12.0 Å². The number of nitrogens with one attached hydrogen (secondary N) is 1. The molecule has 0 aromatic carbocycles. The Bertz CT molecular complexity index is 285. The Hall–Kier alpha value is -0.830. The zero-order valence-electron chi connectivity index (χ0n) is 9.58. The van der Waals surface area contributed by atoms with Gasteiger partial charge in [0.15, 0.2) is 0 Å². The molecular weight excluding hydrogens is 186 g/mol. The molecule has 0 amide bonds. The SMILES string of the molecule is CNCc1cncn1C1CCCCCC1. The van der Waals surface area contributed by atoms with Crippen LogP contribution in [0.3, 0.4) is 0 Å². The summed E-state index contributed by atoms with van der Waals surface area (Å²) in [7, 11) is 1.99. The first-order valence-corrected chi connectivity index (χ1v) is 6.07. The summed E-state index contributed by atoms with van der Waals surface area (Å²) in [5.74, 6) is 0. The number of hydrogen-bond donors (Lipinski definition) is 1. The fourth-order valence-corrected chi connectivity index (χ4v) is 2.51. The molecule has 0 aliphatic heterocycles. The van der Waals surface area contributed by atoms with Crippen LogP contribution in [0, 0.1) is 0 Å². The quantitative estimate of drug-likeness (QED) is 0.772. The maximum Gasteiger partial charge on any atom is 0.0951 e. The summed E-state index contributed by atoms with van der Waals surface area (Å²) < 4.78 is 2.38. The molecule has 3 heteroatoms. The Morgan fingerprint density at radius 1 is 1.33 bits per heavy atom. The van der Waals surface area contributed by atoms with Gasteiger partial charge in [-0.2, -0.15) is 0 Å². The third-order valence-electron chi connectivity index (χ3n) is 3.32. The second kappa shape index (κ2) is 5.31. The molecule has 1 aromatic rings. The van der Waals surface area contributed by atoms with Gasteiger partial charge in [0.1, 0.15) is 0 Å². The van der Waals surface area contributed by atoms with Gasteiger partial charge in [0.25, 0.3) is 0 Å². The Labute approximate surface area is 91.9 Å². The molecule has 1 aliphatic carbocycles. The van der Waals surface area contributed by atoms with Gasteiger partial charge in [0.2, 0.25) is 0 Å². The fraction of sp³-hybridized carbons (Fsp3) is 0.750. The van der Waals surface area contributed by atoms with Crippen LogP contribution in [-0.2, 0) is 6.54 Å². The van der Waals surface area contributed by atoms with Crippen LogP contribution in [0.4, 0.5) is 0 Å². The van der Waals surface area contributed by atoms with Crippen molar-refractivity contribution in [1.29, 1.82) is 0 Å². The molecule has 1 aromatic heterocycles. The van der Waals surface area contributed by atoms with E-state index < -0.39 is 0 Å². The molecular formula is C12H21N3. The van der Waals surface area contributed by atoms with Gasteiger partial charge >= 0.3 is 0 Å².